The number of benzene rings is 1. The lowest BCUT2D eigenvalue weighted by molar-refractivity contribution is 0.0945. The average Bonchev–Trinajstić information content (AvgIpc) is 2.62. The number of carbonyl (C=O) groups is 1. The highest BCUT2D eigenvalue weighted by Gasteiger charge is 2.11. The van der Waals surface area contributed by atoms with Crippen molar-refractivity contribution in [2.24, 2.45) is 0 Å². The fourth-order valence-electron chi connectivity index (χ4n) is 2.36. The lowest BCUT2D eigenvalue weighted by atomic mass is 10.2. The van der Waals surface area contributed by atoms with Crippen molar-refractivity contribution >= 4 is 17.4 Å². The van der Waals surface area contributed by atoms with Crippen LogP contribution in [0.4, 0.5) is 11.5 Å². The van der Waals surface area contributed by atoms with Crippen molar-refractivity contribution in [2.45, 2.75) is 20.4 Å². The number of anilines is 2. The molecule has 25 heavy (non-hydrogen) atoms. The molecule has 0 fully saturated rings. The second-order valence-corrected chi connectivity index (χ2v) is 5.63. The van der Waals surface area contributed by atoms with Crippen molar-refractivity contribution in [1.29, 1.82) is 0 Å². The number of aromatic nitrogens is 3. The summed E-state index contributed by atoms with van der Waals surface area (Å²) in [5, 5.41) is 6.06. The Kier molecular flexibility index (Phi) is 4.99. The smallest absolute Gasteiger partial charge is 0.270 e. The number of nitrogens with zero attached hydrogens (tertiary/aromatic N) is 3. The Hall–Kier alpha value is -3.28. The zero-order chi connectivity index (χ0) is 17.6. The molecule has 0 bridgehead atoms. The number of para-hydroxylation sites is 1. The maximum atomic E-state index is 12.4. The van der Waals surface area contributed by atoms with Crippen molar-refractivity contribution in [3.05, 3.63) is 77.5 Å². The third-order valence-corrected chi connectivity index (χ3v) is 3.63. The summed E-state index contributed by atoms with van der Waals surface area (Å²) in [6.45, 7) is 4.12. The van der Waals surface area contributed by atoms with E-state index in [1.807, 2.05) is 49.4 Å². The van der Waals surface area contributed by atoms with Crippen LogP contribution in [0.25, 0.3) is 0 Å². The zero-order valence-corrected chi connectivity index (χ0v) is 14.2. The fourth-order valence-corrected chi connectivity index (χ4v) is 2.36. The van der Waals surface area contributed by atoms with Gasteiger partial charge in [0.15, 0.2) is 0 Å². The zero-order valence-electron chi connectivity index (χ0n) is 14.2. The molecule has 0 aliphatic carbocycles. The molecule has 2 N–H and O–H groups in total. The average molecular weight is 333 g/mol. The van der Waals surface area contributed by atoms with Gasteiger partial charge in [-0.25, -0.2) is 9.97 Å². The maximum absolute atomic E-state index is 12.4. The van der Waals surface area contributed by atoms with Crippen molar-refractivity contribution in [3.8, 4) is 0 Å². The Morgan fingerprint density at radius 1 is 1.04 bits per heavy atom. The summed E-state index contributed by atoms with van der Waals surface area (Å²) < 4.78 is 0. The summed E-state index contributed by atoms with van der Waals surface area (Å²) in [5.41, 5.74) is 3.15. The summed E-state index contributed by atoms with van der Waals surface area (Å²) in [4.78, 5) is 25.2. The van der Waals surface area contributed by atoms with Crippen LogP contribution in [0, 0.1) is 13.8 Å². The summed E-state index contributed by atoms with van der Waals surface area (Å²) in [7, 11) is 0. The van der Waals surface area contributed by atoms with Crippen molar-refractivity contribution < 1.29 is 4.79 Å². The first-order valence-corrected chi connectivity index (χ1v) is 7.98. The molecule has 2 heterocycles. The molecular weight excluding hydrogens is 314 g/mol. The Balaban J connectivity index is 1.74. The lowest BCUT2D eigenvalue weighted by Gasteiger charge is -2.11. The van der Waals surface area contributed by atoms with Crippen LogP contribution < -0.4 is 10.6 Å². The van der Waals surface area contributed by atoms with Gasteiger partial charge in [0, 0.05) is 18.0 Å². The topological polar surface area (TPSA) is 79.8 Å². The first-order chi connectivity index (χ1) is 12.1. The molecule has 0 saturated carbocycles. The van der Waals surface area contributed by atoms with Gasteiger partial charge in [-0.15, -0.1) is 0 Å². The monoisotopic (exact) mass is 333 g/mol. The molecule has 1 amide bonds. The van der Waals surface area contributed by atoms with E-state index in [4.69, 9.17) is 0 Å². The van der Waals surface area contributed by atoms with Gasteiger partial charge in [0.25, 0.3) is 5.91 Å². The van der Waals surface area contributed by atoms with Crippen LogP contribution in [0.15, 0.2) is 54.7 Å². The second-order valence-electron chi connectivity index (χ2n) is 5.63. The van der Waals surface area contributed by atoms with Gasteiger partial charge >= 0.3 is 0 Å². The molecule has 0 atom stereocenters. The van der Waals surface area contributed by atoms with E-state index in [2.05, 4.69) is 25.6 Å². The summed E-state index contributed by atoms with van der Waals surface area (Å²) in [6.07, 6.45) is 1.69. The molecule has 2 aromatic heterocycles. The van der Waals surface area contributed by atoms with Gasteiger partial charge < -0.3 is 10.6 Å². The molecule has 6 nitrogen and oxygen atoms in total. The van der Waals surface area contributed by atoms with Crippen LogP contribution in [0.5, 0.6) is 0 Å². The minimum Gasteiger partial charge on any atom is -0.345 e. The largest absolute Gasteiger partial charge is 0.345 e. The number of pyridine rings is 1. The van der Waals surface area contributed by atoms with Gasteiger partial charge in [0.05, 0.1) is 12.2 Å². The van der Waals surface area contributed by atoms with E-state index in [-0.39, 0.29) is 5.91 Å². The van der Waals surface area contributed by atoms with Gasteiger partial charge in [-0.05, 0) is 37.6 Å². The van der Waals surface area contributed by atoms with Crippen LogP contribution in [0.1, 0.15) is 27.6 Å². The molecule has 0 spiro atoms. The van der Waals surface area contributed by atoms with E-state index < -0.39 is 0 Å². The third-order valence-electron chi connectivity index (χ3n) is 3.63. The van der Waals surface area contributed by atoms with Gasteiger partial charge in [0.2, 0.25) is 0 Å². The molecule has 0 aliphatic rings. The highest BCUT2D eigenvalue weighted by molar-refractivity contribution is 5.93. The number of aryl methyl sites for hydroxylation is 2. The van der Waals surface area contributed by atoms with E-state index in [0.717, 1.165) is 16.9 Å². The van der Waals surface area contributed by atoms with Crippen molar-refractivity contribution in [2.75, 3.05) is 5.32 Å². The Morgan fingerprint density at radius 2 is 1.84 bits per heavy atom. The highest BCUT2D eigenvalue weighted by Crippen LogP contribution is 2.19. The van der Waals surface area contributed by atoms with Crippen LogP contribution in [-0.4, -0.2) is 20.9 Å². The van der Waals surface area contributed by atoms with E-state index in [1.54, 1.807) is 19.2 Å². The first-order valence-electron chi connectivity index (χ1n) is 7.98. The fraction of sp³-hybridized carbons (Fsp3) is 0.158. The second kappa shape index (κ2) is 7.53. The quantitative estimate of drug-likeness (QED) is 0.750. The molecule has 3 aromatic rings. The SMILES string of the molecule is Cc1nc(Nc2ccccc2C)cc(C(=O)NCc2ccccn2)n1. The predicted octanol–water partition coefficient (Wildman–Crippen LogP) is 3.16. The maximum Gasteiger partial charge on any atom is 0.270 e. The molecular formula is C19H19N5O. The van der Waals surface area contributed by atoms with Crippen LogP contribution in [0.2, 0.25) is 0 Å². The molecule has 0 unspecified atom stereocenters. The van der Waals surface area contributed by atoms with E-state index >= 15 is 0 Å². The van der Waals surface area contributed by atoms with E-state index in [0.29, 0.717) is 23.9 Å². The number of hydrogen-bond donors (Lipinski definition) is 2. The van der Waals surface area contributed by atoms with Crippen molar-refractivity contribution in [3.63, 3.8) is 0 Å². The third kappa shape index (κ3) is 4.38. The van der Waals surface area contributed by atoms with Crippen LogP contribution in [-0.2, 0) is 6.54 Å². The van der Waals surface area contributed by atoms with E-state index in [1.165, 1.54) is 0 Å². The molecule has 126 valence electrons. The van der Waals surface area contributed by atoms with Gasteiger partial charge in [-0.3, -0.25) is 9.78 Å². The van der Waals surface area contributed by atoms with Crippen LogP contribution >= 0.6 is 0 Å². The molecule has 0 radical (unpaired) electrons. The van der Waals surface area contributed by atoms with Gasteiger partial charge in [0.1, 0.15) is 17.3 Å². The minimum atomic E-state index is -0.260. The van der Waals surface area contributed by atoms with Crippen molar-refractivity contribution in [1.82, 2.24) is 20.3 Å². The number of carbonyl (C=O) groups excluding carboxylic acids is 1. The normalized spacial score (nSPS) is 10.3. The standard InChI is InChI=1S/C19H19N5O/c1-13-7-3-4-9-16(13)24-18-11-17(22-14(2)23-18)19(25)21-12-15-8-5-6-10-20-15/h3-11H,12H2,1-2H3,(H,21,25)(H,22,23,24). The molecule has 6 heteroatoms. The predicted molar refractivity (Wildman–Crippen MR) is 96.6 cm³/mol. The highest BCUT2D eigenvalue weighted by atomic mass is 16.1. The van der Waals surface area contributed by atoms with Crippen LogP contribution in [0.3, 0.4) is 0 Å². The summed E-state index contributed by atoms with van der Waals surface area (Å²) in [5.74, 6) is 0.857. The molecule has 0 aliphatic heterocycles. The number of amides is 1. The Bertz CT molecular complexity index is 880. The first kappa shape index (κ1) is 16.6. The van der Waals surface area contributed by atoms with Gasteiger partial charge in [-0.1, -0.05) is 24.3 Å². The molecule has 0 saturated heterocycles. The Labute approximate surface area is 146 Å². The molecule has 1 aromatic carbocycles. The number of nitrogens with one attached hydrogen (secondary N) is 2. The lowest BCUT2D eigenvalue weighted by Crippen LogP contribution is -2.24. The number of rotatable bonds is 5. The summed E-state index contributed by atoms with van der Waals surface area (Å²) in [6, 6.07) is 15.1. The van der Waals surface area contributed by atoms with E-state index in [9.17, 15) is 4.79 Å². The Morgan fingerprint density at radius 3 is 2.60 bits per heavy atom. The summed E-state index contributed by atoms with van der Waals surface area (Å²) >= 11 is 0. The van der Waals surface area contributed by atoms with Gasteiger partial charge in [-0.2, -0.15) is 0 Å². The molecule has 3 rings (SSSR count). The number of hydrogen-bond acceptors (Lipinski definition) is 5. The minimum absolute atomic E-state index is 0.260.